The van der Waals surface area contributed by atoms with Gasteiger partial charge >= 0.3 is 0 Å². The molecule has 2 N–H and O–H groups in total. The van der Waals surface area contributed by atoms with Gasteiger partial charge in [-0.05, 0) is 44.0 Å². The van der Waals surface area contributed by atoms with Gasteiger partial charge in [0.05, 0.1) is 22.4 Å². The molecule has 1 aliphatic heterocycles. The number of para-hydroxylation sites is 1. The monoisotopic (exact) mass is 407 g/mol. The van der Waals surface area contributed by atoms with Gasteiger partial charge in [0.2, 0.25) is 5.91 Å². The second-order valence-corrected chi connectivity index (χ2v) is 7.29. The highest BCUT2D eigenvalue weighted by molar-refractivity contribution is 6.21. The summed E-state index contributed by atoms with van der Waals surface area (Å²) >= 11 is 0. The van der Waals surface area contributed by atoms with Gasteiger partial charge in [0.15, 0.2) is 0 Å². The molecule has 0 radical (unpaired) electrons. The van der Waals surface area contributed by atoms with Crippen LogP contribution in [-0.4, -0.2) is 41.1 Å². The fourth-order valence-corrected chi connectivity index (χ4v) is 3.25. The molecule has 1 unspecified atom stereocenters. The van der Waals surface area contributed by atoms with Crippen LogP contribution in [0.25, 0.3) is 0 Å². The minimum absolute atomic E-state index is 0.0286. The number of carbonyl (C=O) groups excluding carboxylic acids is 4. The Morgan fingerprint density at radius 2 is 1.57 bits per heavy atom. The minimum Gasteiger partial charge on any atom is -0.350 e. The van der Waals surface area contributed by atoms with Crippen LogP contribution in [0.2, 0.25) is 0 Å². The maximum absolute atomic E-state index is 12.4. The molecule has 0 bridgehead atoms. The van der Waals surface area contributed by atoms with Gasteiger partial charge in [0, 0.05) is 19.0 Å². The SMILES string of the molecule is CCC(C)NC(=O)c1ccccc1NC(=O)CCCN1C(=O)c2ccccc2C1=O. The molecule has 0 aromatic heterocycles. The average Bonchev–Trinajstić information content (AvgIpc) is 2.99. The maximum atomic E-state index is 12.4. The lowest BCUT2D eigenvalue weighted by Gasteiger charge is -2.15. The standard InChI is InChI=1S/C23H25N3O4/c1-3-15(2)24-21(28)18-11-6-7-12-19(18)25-20(27)13-8-14-26-22(29)16-9-4-5-10-17(16)23(26)30/h4-7,9-12,15H,3,8,13-14H2,1-2H3,(H,24,28)(H,25,27). The van der Waals surface area contributed by atoms with Gasteiger partial charge in [-0.2, -0.15) is 0 Å². The predicted octanol–water partition coefficient (Wildman–Crippen LogP) is 3.23. The molecule has 0 fully saturated rings. The van der Waals surface area contributed by atoms with Gasteiger partial charge in [-0.15, -0.1) is 0 Å². The maximum Gasteiger partial charge on any atom is 0.261 e. The van der Waals surface area contributed by atoms with Crippen LogP contribution in [-0.2, 0) is 4.79 Å². The molecule has 1 atom stereocenters. The number of carbonyl (C=O) groups is 4. The van der Waals surface area contributed by atoms with E-state index >= 15 is 0 Å². The predicted molar refractivity (Wildman–Crippen MR) is 113 cm³/mol. The number of hydrogen-bond donors (Lipinski definition) is 2. The van der Waals surface area contributed by atoms with Gasteiger partial charge < -0.3 is 10.6 Å². The van der Waals surface area contributed by atoms with Crippen LogP contribution in [0.5, 0.6) is 0 Å². The van der Waals surface area contributed by atoms with E-state index in [4.69, 9.17) is 0 Å². The van der Waals surface area contributed by atoms with Crippen molar-refractivity contribution < 1.29 is 19.2 Å². The third-order valence-electron chi connectivity index (χ3n) is 5.10. The number of anilines is 1. The third kappa shape index (κ3) is 4.56. The molecule has 3 rings (SSSR count). The molecule has 7 nitrogen and oxygen atoms in total. The molecule has 4 amide bonds. The zero-order valence-corrected chi connectivity index (χ0v) is 17.1. The lowest BCUT2D eigenvalue weighted by molar-refractivity contribution is -0.116. The van der Waals surface area contributed by atoms with Gasteiger partial charge in [0.1, 0.15) is 0 Å². The molecule has 0 saturated heterocycles. The van der Waals surface area contributed by atoms with Crippen LogP contribution in [0.15, 0.2) is 48.5 Å². The molecule has 2 aromatic rings. The fourth-order valence-electron chi connectivity index (χ4n) is 3.25. The van der Waals surface area contributed by atoms with Gasteiger partial charge in [0.25, 0.3) is 17.7 Å². The number of fused-ring (bicyclic) bond motifs is 1. The van der Waals surface area contributed by atoms with Crippen LogP contribution in [0.3, 0.4) is 0 Å². The first-order valence-electron chi connectivity index (χ1n) is 10.1. The summed E-state index contributed by atoms with van der Waals surface area (Å²) in [7, 11) is 0. The summed E-state index contributed by atoms with van der Waals surface area (Å²) in [5.74, 6) is -1.19. The van der Waals surface area contributed by atoms with Crippen molar-refractivity contribution in [2.45, 2.75) is 39.2 Å². The smallest absolute Gasteiger partial charge is 0.261 e. The lowest BCUT2D eigenvalue weighted by atomic mass is 10.1. The largest absolute Gasteiger partial charge is 0.350 e. The Labute approximate surface area is 175 Å². The summed E-state index contributed by atoms with van der Waals surface area (Å²) in [6, 6.07) is 13.5. The van der Waals surface area contributed by atoms with Crippen molar-refractivity contribution in [2.24, 2.45) is 0 Å². The fraction of sp³-hybridized carbons (Fsp3) is 0.304. The van der Waals surface area contributed by atoms with Crippen LogP contribution >= 0.6 is 0 Å². The summed E-state index contributed by atoms with van der Waals surface area (Å²) < 4.78 is 0. The molecular weight excluding hydrogens is 382 g/mol. The van der Waals surface area contributed by atoms with Gasteiger partial charge in [-0.1, -0.05) is 31.2 Å². The highest BCUT2D eigenvalue weighted by Crippen LogP contribution is 2.23. The summed E-state index contributed by atoms with van der Waals surface area (Å²) in [4.78, 5) is 50.7. The molecule has 1 aliphatic rings. The number of imide groups is 1. The first-order chi connectivity index (χ1) is 14.4. The Bertz CT molecular complexity index is 951. The van der Waals surface area contributed by atoms with Crippen molar-refractivity contribution in [1.29, 1.82) is 0 Å². The van der Waals surface area contributed by atoms with E-state index in [0.29, 0.717) is 28.8 Å². The number of nitrogens with zero attached hydrogens (tertiary/aromatic N) is 1. The molecule has 0 saturated carbocycles. The van der Waals surface area contributed by atoms with Crippen molar-refractivity contribution in [3.8, 4) is 0 Å². The van der Waals surface area contributed by atoms with Crippen molar-refractivity contribution in [2.75, 3.05) is 11.9 Å². The van der Waals surface area contributed by atoms with Crippen LogP contribution in [0.4, 0.5) is 5.69 Å². The number of amides is 4. The zero-order chi connectivity index (χ0) is 21.7. The Morgan fingerprint density at radius 3 is 2.20 bits per heavy atom. The second-order valence-electron chi connectivity index (χ2n) is 7.29. The summed E-state index contributed by atoms with van der Waals surface area (Å²) in [5.41, 5.74) is 1.62. The quantitative estimate of drug-likeness (QED) is 0.657. The number of benzene rings is 2. The van der Waals surface area contributed by atoms with E-state index < -0.39 is 0 Å². The molecule has 0 spiro atoms. The number of hydrogen-bond acceptors (Lipinski definition) is 4. The summed E-state index contributed by atoms with van der Waals surface area (Å²) in [5, 5.41) is 5.65. The first-order valence-corrected chi connectivity index (χ1v) is 10.1. The Hall–Kier alpha value is -3.48. The normalized spacial score (nSPS) is 13.7. The highest BCUT2D eigenvalue weighted by atomic mass is 16.2. The van der Waals surface area contributed by atoms with Crippen LogP contribution in [0.1, 0.15) is 64.2 Å². The Kier molecular flexibility index (Phi) is 6.61. The van der Waals surface area contributed by atoms with Crippen molar-refractivity contribution in [3.05, 3.63) is 65.2 Å². The number of rotatable bonds is 8. The summed E-state index contributed by atoms with van der Waals surface area (Å²) in [6.45, 7) is 4.06. The second kappa shape index (κ2) is 9.35. The lowest BCUT2D eigenvalue weighted by Crippen LogP contribution is -2.33. The van der Waals surface area contributed by atoms with Gasteiger partial charge in [-0.25, -0.2) is 0 Å². The van der Waals surface area contributed by atoms with Gasteiger partial charge in [-0.3, -0.25) is 24.1 Å². The average molecular weight is 407 g/mol. The molecule has 7 heteroatoms. The third-order valence-corrected chi connectivity index (χ3v) is 5.10. The minimum atomic E-state index is -0.330. The van der Waals surface area contributed by atoms with E-state index in [1.165, 1.54) is 4.90 Å². The van der Waals surface area contributed by atoms with E-state index in [0.717, 1.165) is 6.42 Å². The molecule has 2 aromatic carbocycles. The van der Waals surface area contributed by atoms with Crippen molar-refractivity contribution in [3.63, 3.8) is 0 Å². The first kappa shape index (κ1) is 21.2. The molecular formula is C23H25N3O4. The molecule has 30 heavy (non-hydrogen) atoms. The summed E-state index contributed by atoms with van der Waals surface area (Å²) in [6.07, 6.45) is 1.26. The van der Waals surface area contributed by atoms with E-state index in [1.54, 1.807) is 48.5 Å². The van der Waals surface area contributed by atoms with E-state index in [9.17, 15) is 19.2 Å². The molecule has 1 heterocycles. The molecule has 0 aliphatic carbocycles. The Morgan fingerprint density at radius 1 is 0.967 bits per heavy atom. The molecule has 156 valence electrons. The van der Waals surface area contributed by atoms with Crippen molar-refractivity contribution >= 4 is 29.3 Å². The highest BCUT2D eigenvalue weighted by Gasteiger charge is 2.34. The van der Waals surface area contributed by atoms with E-state index in [2.05, 4.69) is 10.6 Å². The van der Waals surface area contributed by atoms with E-state index in [-0.39, 0.29) is 42.6 Å². The van der Waals surface area contributed by atoms with Crippen LogP contribution in [0, 0.1) is 0 Å². The van der Waals surface area contributed by atoms with Crippen LogP contribution < -0.4 is 10.6 Å². The zero-order valence-electron chi connectivity index (χ0n) is 17.1. The van der Waals surface area contributed by atoms with E-state index in [1.807, 2.05) is 13.8 Å². The number of nitrogens with one attached hydrogen (secondary N) is 2. The topological polar surface area (TPSA) is 95.6 Å². The van der Waals surface area contributed by atoms with Crippen molar-refractivity contribution in [1.82, 2.24) is 10.2 Å². The Balaban J connectivity index is 1.56.